The maximum atomic E-state index is 14.2. The van der Waals surface area contributed by atoms with Gasteiger partial charge in [-0.1, -0.05) is 51.0 Å². The SMILES string of the molecule is CC(C)(C)OC1=C2CCCCC[C@@H]3C[C@@]3(C(=O)O)NC(=O)[C@@H]3C[C@@H](OC(=O)N4Cc5ccccc5C(C)(C)C4)CN3C(=O)[C@H](C2)N1. The van der Waals surface area contributed by atoms with E-state index in [1.54, 1.807) is 4.90 Å². The Bertz CT molecular complexity index is 1450. The Labute approximate surface area is 271 Å². The van der Waals surface area contributed by atoms with E-state index < -0.39 is 47.3 Å². The van der Waals surface area contributed by atoms with E-state index >= 15 is 0 Å². The Morgan fingerprint density at radius 2 is 1.85 bits per heavy atom. The number of nitrogens with zero attached hydrogens (tertiary/aromatic N) is 2. The minimum atomic E-state index is -1.32. The topological polar surface area (TPSA) is 138 Å². The third-order valence-corrected chi connectivity index (χ3v) is 10.2. The van der Waals surface area contributed by atoms with E-state index in [0.717, 1.165) is 36.8 Å². The standard InChI is InChI=1S/C35H48N4O7/c1-33(2,3)46-29-21-11-7-6-8-13-23-17-35(23,31(42)43)37-28(40)27-16-24(19-39(27)30(41)26(15-21)36-29)45-32(44)38-18-22-12-9-10-14-25(22)34(4,5)20-38/h9-10,12,14,23-24,26-27,36H,6-8,11,13,15-20H2,1-5H3,(H,37,40)(H,42,43)/t23-,24-,26+,27+,35-/m1/s1. The van der Waals surface area contributed by atoms with Crippen molar-refractivity contribution in [1.82, 2.24) is 20.4 Å². The molecule has 4 heterocycles. The zero-order valence-electron chi connectivity index (χ0n) is 27.7. The Kier molecular flexibility index (Phi) is 8.26. The highest BCUT2D eigenvalue weighted by Gasteiger charge is 2.62. The Balaban J connectivity index is 1.23. The molecule has 3 fully saturated rings. The number of carbonyl (C=O) groups excluding carboxylic acids is 3. The fourth-order valence-corrected chi connectivity index (χ4v) is 7.84. The van der Waals surface area contributed by atoms with E-state index in [9.17, 15) is 24.3 Å². The summed E-state index contributed by atoms with van der Waals surface area (Å²) in [5.41, 5.74) is 1.26. The molecule has 4 aliphatic heterocycles. The van der Waals surface area contributed by atoms with Crippen LogP contribution in [0.3, 0.4) is 0 Å². The van der Waals surface area contributed by atoms with Crippen LogP contribution >= 0.6 is 0 Å². The van der Waals surface area contributed by atoms with E-state index in [-0.39, 0.29) is 30.2 Å². The summed E-state index contributed by atoms with van der Waals surface area (Å²) in [5.74, 6) is -1.38. The molecule has 0 aromatic heterocycles. The van der Waals surface area contributed by atoms with Crippen LogP contribution in [0.1, 0.15) is 97.1 Å². The van der Waals surface area contributed by atoms with Gasteiger partial charge in [0.15, 0.2) is 5.88 Å². The van der Waals surface area contributed by atoms with Crippen LogP contribution in [0, 0.1) is 5.92 Å². The number of carbonyl (C=O) groups is 4. The molecular formula is C35H48N4O7. The second kappa shape index (κ2) is 11.8. The fraction of sp³-hybridized carbons (Fsp3) is 0.657. The van der Waals surface area contributed by atoms with Crippen LogP contribution in [-0.4, -0.2) is 81.2 Å². The van der Waals surface area contributed by atoms with E-state index in [0.29, 0.717) is 38.2 Å². The quantitative estimate of drug-likeness (QED) is 0.449. The number of rotatable bonds is 3. The van der Waals surface area contributed by atoms with Crippen molar-refractivity contribution in [2.75, 3.05) is 13.1 Å². The molecule has 5 atom stereocenters. The first-order chi connectivity index (χ1) is 21.7. The van der Waals surface area contributed by atoms with Crippen molar-refractivity contribution in [3.63, 3.8) is 0 Å². The zero-order chi connectivity index (χ0) is 33.0. The molecule has 5 aliphatic rings. The highest BCUT2D eigenvalue weighted by Crippen LogP contribution is 2.48. The van der Waals surface area contributed by atoms with Crippen molar-refractivity contribution in [3.05, 3.63) is 46.8 Å². The predicted octanol–water partition coefficient (Wildman–Crippen LogP) is 4.20. The molecule has 3 amide bonds. The van der Waals surface area contributed by atoms with Gasteiger partial charge in [-0.05, 0) is 69.1 Å². The van der Waals surface area contributed by atoms with Crippen LogP contribution in [0.25, 0.3) is 0 Å². The van der Waals surface area contributed by atoms with Gasteiger partial charge in [-0.3, -0.25) is 9.59 Å². The molecule has 3 N–H and O–H groups in total. The smallest absolute Gasteiger partial charge is 0.410 e. The molecule has 2 bridgehead atoms. The molecule has 2 saturated heterocycles. The number of hydrogen-bond donors (Lipinski definition) is 3. The number of carboxylic acid groups (broad SMARTS) is 1. The molecule has 1 saturated carbocycles. The molecule has 0 radical (unpaired) electrons. The lowest BCUT2D eigenvalue weighted by molar-refractivity contribution is -0.145. The molecule has 6 rings (SSSR count). The van der Waals surface area contributed by atoms with Crippen LogP contribution in [-0.2, 0) is 35.8 Å². The van der Waals surface area contributed by atoms with Gasteiger partial charge in [0.1, 0.15) is 29.3 Å². The third-order valence-electron chi connectivity index (χ3n) is 10.2. The molecule has 11 nitrogen and oxygen atoms in total. The Morgan fingerprint density at radius 1 is 1.09 bits per heavy atom. The van der Waals surface area contributed by atoms with Gasteiger partial charge in [0.2, 0.25) is 11.8 Å². The van der Waals surface area contributed by atoms with Crippen molar-refractivity contribution >= 4 is 23.9 Å². The number of amides is 3. The number of fused-ring (bicyclic) bond motifs is 5. The van der Waals surface area contributed by atoms with E-state index in [1.165, 1.54) is 10.5 Å². The summed E-state index contributed by atoms with van der Waals surface area (Å²) in [5, 5.41) is 16.3. The normalized spacial score (nSPS) is 31.0. The van der Waals surface area contributed by atoms with Crippen LogP contribution in [0.15, 0.2) is 35.7 Å². The summed E-state index contributed by atoms with van der Waals surface area (Å²) < 4.78 is 12.3. The van der Waals surface area contributed by atoms with Crippen LogP contribution < -0.4 is 10.6 Å². The molecule has 250 valence electrons. The van der Waals surface area contributed by atoms with Crippen molar-refractivity contribution in [2.24, 2.45) is 5.92 Å². The van der Waals surface area contributed by atoms with Gasteiger partial charge in [-0.2, -0.15) is 0 Å². The highest BCUT2D eigenvalue weighted by molar-refractivity contribution is 5.95. The average Bonchev–Trinajstić information content (AvgIpc) is 3.29. The van der Waals surface area contributed by atoms with Gasteiger partial charge in [-0.15, -0.1) is 0 Å². The molecule has 1 aromatic carbocycles. The van der Waals surface area contributed by atoms with Crippen molar-refractivity contribution < 1.29 is 33.8 Å². The summed E-state index contributed by atoms with van der Waals surface area (Å²) in [7, 11) is 0. The second-order valence-corrected chi connectivity index (χ2v) is 15.5. The van der Waals surface area contributed by atoms with Crippen LogP contribution in [0.2, 0.25) is 0 Å². The lowest BCUT2D eigenvalue weighted by Crippen LogP contribution is -2.55. The third kappa shape index (κ3) is 6.29. The lowest BCUT2D eigenvalue weighted by atomic mass is 9.78. The fourth-order valence-electron chi connectivity index (χ4n) is 7.84. The lowest BCUT2D eigenvalue weighted by Gasteiger charge is -2.39. The molecule has 46 heavy (non-hydrogen) atoms. The van der Waals surface area contributed by atoms with Gasteiger partial charge >= 0.3 is 12.1 Å². The van der Waals surface area contributed by atoms with Gasteiger partial charge in [0.25, 0.3) is 0 Å². The van der Waals surface area contributed by atoms with Crippen molar-refractivity contribution in [2.45, 2.75) is 127 Å². The monoisotopic (exact) mass is 636 g/mol. The highest BCUT2D eigenvalue weighted by atomic mass is 16.6. The van der Waals surface area contributed by atoms with Gasteiger partial charge in [0, 0.05) is 31.3 Å². The predicted molar refractivity (Wildman–Crippen MR) is 169 cm³/mol. The molecule has 0 unspecified atom stereocenters. The zero-order valence-corrected chi connectivity index (χ0v) is 27.7. The number of aliphatic carboxylic acids is 1. The first-order valence-electron chi connectivity index (χ1n) is 16.7. The summed E-state index contributed by atoms with van der Waals surface area (Å²) in [6, 6.07) is 6.47. The number of benzene rings is 1. The molecule has 1 aliphatic carbocycles. The van der Waals surface area contributed by atoms with Gasteiger partial charge < -0.3 is 35.0 Å². The first kappa shape index (κ1) is 32.2. The molecule has 11 heteroatoms. The largest absolute Gasteiger partial charge is 0.479 e. The van der Waals surface area contributed by atoms with Gasteiger partial charge in [-0.25, -0.2) is 9.59 Å². The molecule has 1 aromatic rings. The van der Waals surface area contributed by atoms with Crippen molar-refractivity contribution in [3.8, 4) is 0 Å². The summed E-state index contributed by atoms with van der Waals surface area (Å²) in [4.78, 5) is 57.1. The van der Waals surface area contributed by atoms with E-state index in [1.807, 2.05) is 39.0 Å². The number of nitrogens with one attached hydrogen (secondary N) is 2. The first-order valence-corrected chi connectivity index (χ1v) is 16.7. The minimum absolute atomic E-state index is 0.0446. The van der Waals surface area contributed by atoms with E-state index in [2.05, 4.69) is 30.5 Å². The Morgan fingerprint density at radius 3 is 2.59 bits per heavy atom. The van der Waals surface area contributed by atoms with Gasteiger partial charge in [0.05, 0.1) is 6.54 Å². The maximum Gasteiger partial charge on any atom is 0.410 e. The summed E-state index contributed by atoms with van der Waals surface area (Å²) in [6.07, 6.45) is 3.88. The van der Waals surface area contributed by atoms with Crippen LogP contribution in [0.5, 0.6) is 0 Å². The Hall–Kier alpha value is -3.76. The van der Waals surface area contributed by atoms with E-state index in [4.69, 9.17) is 9.47 Å². The number of ether oxygens (including phenoxy) is 2. The molecular weight excluding hydrogens is 588 g/mol. The minimum Gasteiger partial charge on any atom is -0.479 e. The van der Waals surface area contributed by atoms with Crippen LogP contribution in [0.4, 0.5) is 4.79 Å². The average molecular weight is 637 g/mol. The summed E-state index contributed by atoms with van der Waals surface area (Å²) in [6.45, 7) is 11.0. The maximum absolute atomic E-state index is 14.2. The van der Waals surface area contributed by atoms with Crippen molar-refractivity contribution in [1.29, 1.82) is 0 Å². The molecule has 0 spiro atoms. The number of hydrogen-bond acceptors (Lipinski definition) is 7. The number of carboxylic acids is 1. The summed E-state index contributed by atoms with van der Waals surface area (Å²) >= 11 is 0. The second-order valence-electron chi connectivity index (χ2n) is 15.5.